The van der Waals surface area contributed by atoms with Crippen LogP contribution in [0.3, 0.4) is 0 Å². The molecule has 1 aromatic rings. The summed E-state index contributed by atoms with van der Waals surface area (Å²) in [6.07, 6.45) is 3.52. The lowest BCUT2D eigenvalue weighted by molar-refractivity contribution is -0.141. The molecular formula is C10H13BrN2O2S. The average molecular weight is 305 g/mol. The Labute approximate surface area is 107 Å². The smallest absolute Gasteiger partial charge is 0.323 e. The highest BCUT2D eigenvalue weighted by Crippen LogP contribution is 2.16. The number of ether oxygens (including phenoxy) is 1. The van der Waals surface area contributed by atoms with E-state index in [0.29, 0.717) is 5.75 Å². The van der Waals surface area contributed by atoms with Gasteiger partial charge in [0.05, 0.1) is 7.11 Å². The van der Waals surface area contributed by atoms with Crippen molar-refractivity contribution in [3.63, 3.8) is 0 Å². The van der Waals surface area contributed by atoms with Crippen LogP contribution in [-0.4, -0.2) is 29.9 Å². The van der Waals surface area contributed by atoms with Gasteiger partial charge in [0.25, 0.3) is 0 Å². The number of hydrogen-bond donors (Lipinski definition) is 1. The number of pyridine rings is 1. The van der Waals surface area contributed by atoms with Gasteiger partial charge in [0.2, 0.25) is 0 Å². The van der Waals surface area contributed by atoms with Crippen molar-refractivity contribution < 1.29 is 9.53 Å². The molecule has 0 spiro atoms. The van der Waals surface area contributed by atoms with E-state index in [1.54, 1.807) is 24.2 Å². The van der Waals surface area contributed by atoms with Gasteiger partial charge >= 0.3 is 5.97 Å². The minimum atomic E-state index is -0.560. The molecule has 6 heteroatoms. The molecule has 2 N–H and O–H groups in total. The van der Waals surface area contributed by atoms with Gasteiger partial charge in [0, 0.05) is 28.4 Å². The Balaban J connectivity index is 2.33. The van der Waals surface area contributed by atoms with Gasteiger partial charge in [-0.3, -0.25) is 9.78 Å². The molecule has 0 saturated carbocycles. The van der Waals surface area contributed by atoms with Gasteiger partial charge in [0.15, 0.2) is 0 Å². The zero-order chi connectivity index (χ0) is 12.0. The van der Waals surface area contributed by atoms with Crippen LogP contribution in [0.15, 0.2) is 22.9 Å². The van der Waals surface area contributed by atoms with Crippen molar-refractivity contribution in [1.82, 2.24) is 4.98 Å². The summed E-state index contributed by atoms with van der Waals surface area (Å²) < 4.78 is 5.48. The topological polar surface area (TPSA) is 65.2 Å². The minimum absolute atomic E-state index is 0.375. The number of aromatic nitrogens is 1. The third kappa shape index (κ3) is 4.51. The third-order valence-electron chi connectivity index (χ3n) is 1.83. The molecule has 16 heavy (non-hydrogen) atoms. The minimum Gasteiger partial charge on any atom is -0.468 e. The predicted molar refractivity (Wildman–Crippen MR) is 68.1 cm³/mol. The molecule has 0 aliphatic carbocycles. The lowest BCUT2D eigenvalue weighted by atomic mass is 10.3. The Bertz CT molecular complexity index is 362. The van der Waals surface area contributed by atoms with Crippen LogP contribution < -0.4 is 5.73 Å². The second-order valence-corrected chi connectivity index (χ2v) is 5.10. The van der Waals surface area contributed by atoms with E-state index in [4.69, 9.17) is 5.73 Å². The van der Waals surface area contributed by atoms with Crippen LogP contribution in [-0.2, 0) is 15.3 Å². The number of halogens is 1. The highest BCUT2D eigenvalue weighted by Gasteiger charge is 2.13. The predicted octanol–water partition coefficient (Wildman–Crippen LogP) is 1.58. The van der Waals surface area contributed by atoms with E-state index in [2.05, 4.69) is 25.7 Å². The van der Waals surface area contributed by atoms with E-state index < -0.39 is 6.04 Å². The molecule has 0 bridgehead atoms. The van der Waals surface area contributed by atoms with E-state index in [0.717, 1.165) is 15.8 Å². The van der Waals surface area contributed by atoms with E-state index in [1.807, 2.05) is 6.07 Å². The van der Waals surface area contributed by atoms with Crippen LogP contribution in [0.4, 0.5) is 0 Å². The molecule has 0 aliphatic heterocycles. The van der Waals surface area contributed by atoms with Gasteiger partial charge in [-0.2, -0.15) is 11.8 Å². The number of nitrogens with zero attached hydrogens (tertiary/aromatic N) is 1. The fourth-order valence-corrected chi connectivity index (χ4v) is 2.37. The lowest BCUT2D eigenvalue weighted by Gasteiger charge is -2.08. The first-order chi connectivity index (χ1) is 7.63. The van der Waals surface area contributed by atoms with Crippen molar-refractivity contribution in [1.29, 1.82) is 0 Å². The molecule has 1 unspecified atom stereocenters. The first-order valence-corrected chi connectivity index (χ1v) is 6.59. The highest BCUT2D eigenvalue weighted by atomic mass is 79.9. The molecule has 0 aromatic carbocycles. The van der Waals surface area contributed by atoms with Crippen LogP contribution in [0.5, 0.6) is 0 Å². The van der Waals surface area contributed by atoms with Gasteiger partial charge in [-0.1, -0.05) is 0 Å². The van der Waals surface area contributed by atoms with Crippen molar-refractivity contribution in [2.24, 2.45) is 5.73 Å². The molecule has 0 radical (unpaired) electrons. The van der Waals surface area contributed by atoms with E-state index in [1.165, 1.54) is 7.11 Å². The maximum Gasteiger partial charge on any atom is 0.323 e. The number of methoxy groups -OCH3 is 1. The van der Waals surface area contributed by atoms with Crippen LogP contribution in [0, 0.1) is 0 Å². The molecule has 1 atom stereocenters. The third-order valence-corrected chi connectivity index (χ3v) is 3.40. The number of carbonyl (C=O) groups is 1. The molecule has 1 heterocycles. The Hall–Kier alpha value is -0.590. The summed E-state index contributed by atoms with van der Waals surface area (Å²) in [6, 6.07) is 1.43. The highest BCUT2D eigenvalue weighted by molar-refractivity contribution is 9.10. The number of rotatable bonds is 5. The number of carbonyl (C=O) groups excluding carboxylic acids is 1. The van der Waals surface area contributed by atoms with Gasteiger partial charge in [-0.25, -0.2) is 0 Å². The zero-order valence-corrected chi connectivity index (χ0v) is 11.3. The van der Waals surface area contributed by atoms with Crippen LogP contribution in [0.25, 0.3) is 0 Å². The lowest BCUT2D eigenvalue weighted by Crippen LogP contribution is -2.33. The van der Waals surface area contributed by atoms with Gasteiger partial charge in [-0.15, -0.1) is 0 Å². The number of thioether (sulfide) groups is 1. The molecule has 0 saturated heterocycles. The fourth-order valence-electron chi connectivity index (χ4n) is 1.06. The Morgan fingerprint density at radius 1 is 1.69 bits per heavy atom. The zero-order valence-electron chi connectivity index (χ0n) is 8.85. The van der Waals surface area contributed by atoms with Gasteiger partial charge in [0.1, 0.15) is 6.04 Å². The summed E-state index contributed by atoms with van der Waals surface area (Å²) in [4.78, 5) is 15.1. The van der Waals surface area contributed by atoms with Crippen LogP contribution >= 0.6 is 27.7 Å². The molecule has 0 amide bonds. The van der Waals surface area contributed by atoms with Gasteiger partial charge < -0.3 is 10.5 Å². The monoisotopic (exact) mass is 304 g/mol. The van der Waals surface area contributed by atoms with Crippen LogP contribution in [0.1, 0.15) is 5.56 Å². The van der Waals surface area contributed by atoms with Crippen molar-refractivity contribution in [3.8, 4) is 0 Å². The SMILES string of the molecule is COC(=O)C(N)CSCc1cncc(Br)c1. The average Bonchev–Trinajstić information content (AvgIpc) is 2.28. The molecule has 1 rings (SSSR count). The maximum absolute atomic E-state index is 11.0. The summed E-state index contributed by atoms with van der Waals surface area (Å²) >= 11 is 4.93. The molecule has 4 nitrogen and oxygen atoms in total. The number of hydrogen-bond acceptors (Lipinski definition) is 5. The summed E-state index contributed by atoms with van der Waals surface area (Å²) in [5.41, 5.74) is 6.70. The second kappa shape index (κ2) is 6.88. The fraction of sp³-hybridized carbons (Fsp3) is 0.400. The Kier molecular flexibility index (Phi) is 5.79. The number of esters is 1. The van der Waals surface area contributed by atoms with E-state index in [9.17, 15) is 4.79 Å². The summed E-state index contributed by atoms with van der Waals surface area (Å²) in [6.45, 7) is 0. The van der Waals surface area contributed by atoms with Crippen molar-refractivity contribution in [3.05, 3.63) is 28.5 Å². The van der Waals surface area contributed by atoms with Crippen molar-refractivity contribution in [2.75, 3.05) is 12.9 Å². The van der Waals surface area contributed by atoms with Crippen molar-refractivity contribution in [2.45, 2.75) is 11.8 Å². The molecule has 0 aliphatic rings. The van der Waals surface area contributed by atoms with Gasteiger partial charge in [-0.05, 0) is 27.6 Å². The quantitative estimate of drug-likeness (QED) is 0.837. The Morgan fingerprint density at radius 2 is 2.44 bits per heavy atom. The van der Waals surface area contributed by atoms with E-state index in [-0.39, 0.29) is 5.97 Å². The first-order valence-electron chi connectivity index (χ1n) is 4.64. The molecule has 1 aromatic heterocycles. The second-order valence-electron chi connectivity index (χ2n) is 3.16. The van der Waals surface area contributed by atoms with Crippen molar-refractivity contribution >= 4 is 33.7 Å². The largest absolute Gasteiger partial charge is 0.468 e. The van der Waals surface area contributed by atoms with Crippen LogP contribution in [0.2, 0.25) is 0 Å². The maximum atomic E-state index is 11.0. The van der Waals surface area contributed by atoms with E-state index >= 15 is 0 Å². The molecule has 88 valence electrons. The normalized spacial score (nSPS) is 12.2. The summed E-state index contributed by atoms with van der Waals surface area (Å²) in [5.74, 6) is 0.941. The molecular weight excluding hydrogens is 292 g/mol. The standard InChI is InChI=1S/C10H13BrN2O2S/c1-15-10(14)9(12)6-16-5-7-2-8(11)4-13-3-7/h2-4,9H,5-6,12H2,1H3. The molecule has 0 fully saturated rings. The summed E-state index contributed by atoms with van der Waals surface area (Å²) in [5, 5.41) is 0. The first kappa shape index (κ1) is 13.5. The Morgan fingerprint density at radius 3 is 3.06 bits per heavy atom. The number of nitrogens with two attached hydrogens (primary N) is 1. The summed E-state index contributed by atoms with van der Waals surface area (Å²) in [7, 11) is 1.34.